The number of ether oxygens (including phenoxy) is 1. The number of hydrogen-bond donors (Lipinski definition) is 1. The van der Waals surface area contributed by atoms with Crippen molar-refractivity contribution < 1.29 is 33.8 Å². The number of esters is 1. The lowest BCUT2D eigenvalue weighted by Gasteiger charge is -2.22. The van der Waals surface area contributed by atoms with E-state index in [1.54, 1.807) is 60.9 Å². The first-order chi connectivity index (χ1) is 20.7. The van der Waals surface area contributed by atoms with Crippen LogP contribution in [0.5, 0.6) is 0 Å². The first-order valence-electron chi connectivity index (χ1n) is 13.4. The predicted octanol–water partition coefficient (Wildman–Crippen LogP) is 4.35. The van der Waals surface area contributed by atoms with Crippen LogP contribution in [-0.4, -0.2) is 51.8 Å². The summed E-state index contributed by atoms with van der Waals surface area (Å²) in [5.74, 6) is -2.82. The van der Waals surface area contributed by atoms with E-state index in [0.717, 1.165) is 15.0 Å². The van der Waals surface area contributed by atoms with Gasteiger partial charge in [0, 0.05) is 18.9 Å². The van der Waals surface area contributed by atoms with Crippen LogP contribution < -0.4 is 5.32 Å². The summed E-state index contributed by atoms with van der Waals surface area (Å²) in [5.41, 5.74) is 0.756. The van der Waals surface area contributed by atoms with E-state index in [1.807, 2.05) is 12.1 Å². The largest absolute Gasteiger partial charge is 0.460 e. The van der Waals surface area contributed by atoms with Gasteiger partial charge in [0.1, 0.15) is 13.2 Å². The number of thiophene rings is 1. The molecule has 3 amide bonds. The normalized spacial score (nSPS) is 15.6. The van der Waals surface area contributed by atoms with Crippen LogP contribution in [-0.2, 0) is 25.8 Å². The molecule has 2 aromatic heterocycles. The van der Waals surface area contributed by atoms with Crippen LogP contribution in [0.15, 0.2) is 73.1 Å². The van der Waals surface area contributed by atoms with Crippen LogP contribution in [0.1, 0.15) is 50.6 Å². The average Bonchev–Trinajstić information content (AvgIpc) is 3.64. The van der Waals surface area contributed by atoms with E-state index in [0.29, 0.717) is 29.0 Å². The molecule has 12 nitrogen and oxygen atoms in total. The molecule has 1 N–H and O–H groups in total. The van der Waals surface area contributed by atoms with E-state index in [9.17, 15) is 29.3 Å². The Morgan fingerprint density at radius 3 is 2.40 bits per heavy atom. The van der Waals surface area contributed by atoms with Crippen molar-refractivity contribution in [2.75, 3.05) is 18.5 Å². The van der Waals surface area contributed by atoms with Crippen molar-refractivity contribution in [3.8, 4) is 0 Å². The highest BCUT2D eigenvalue weighted by molar-refractivity contribution is 7.22. The number of anilines is 1. The van der Waals surface area contributed by atoms with E-state index < -0.39 is 40.1 Å². The van der Waals surface area contributed by atoms with E-state index in [1.165, 1.54) is 11.3 Å². The van der Waals surface area contributed by atoms with Crippen molar-refractivity contribution >= 4 is 50.1 Å². The third-order valence-corrected chi connectivity index (χ3v) is 8.61. The van der Waals surface area contributed by atoms with Crippen LogP contribution in [0.4, 0.5) is 5.00 Å². The summed E-state index contributed by atoms with van der Waals surface area (Å²) in [6, 6.07) is 16.9. The molecule has 2 aromatic carbocycles. The van der Waals surface area contributed by atoms with Crippen LogP contribution in [0, 0.1) is 15.5 Å². The minimum atomic E-state index is -0.995. The van der Waals surface area contributed by atoms with Gasteiger partial charge in [-0.25, -0.2) is 0 Å². The van der Waals surface area contributed by atoms with Crippen LogP contribution in [0.3, 0.4) is 0 Å². The summed E-state index contributed by atoms with van der Waals surface area (Å²) in [4.78, 5) is 72.5. The maximum Gasteiger partial charge on any atom is 0.314 e. The number of hydrogen-bond acceptors (Lipinski definition) is 10. The summed E-state index contributed by atoms with van der Waals surface area (Å²) in [6.07, 6.45) is 4.26. The van der Waals surface area contributed by atoms with Crippen molar-refractivity contribution in [3.05, 3.63) is 105 Å². The summed E-state index contributed by atoms with van der Waals surface area (Å²) < 4.78 is 6.29. The molecule has 4 aromatic rings. The first kappa shape index (κ1) is 28.0. The number of nitrogens with zero attached hydrogens (tertiary/aromatic N) is 3. The smallest absolute Gasteiger partial charge is 0.314 e. The number of aromatic nitrogens is 1. The fourth-order valence-corrected chi connectivity index (χ4v) is 5.90. The Labute approximate surface area is 248 Å². The molecule has 3 heterocycles. The Morgan fingerprint density at radius 1 is 1.07 bits per heavy atom. The van der Waals surface area contributed by atoms with Gasteiger partial charge in [-0.05, 0) is 53.6 Å². The topological polar surface area (TPSA) is 158 Å². The number of carbonyl (C=O) groups excluding carboxylic acids is 4. The zero-order chi connectivity index (χ0) is 30.1. The number of nitrogens with one attached hydrogen (secondary N) is 1. The molecule has 6 rings (SSSR count). The third-order valence-electron chi connectivity index (χ3n) is 7.61. The zero-order valence-electron chi connectivity index (χ0n) is 22.6. The molecule has 0 radical (unpaired) electrons. The van der Waals surface area contributed by atoms with Crippen molar-refractivity contribution in [1.29, 1.82) is 0 Å². The van der Waals surface area contributed by atoms with Crippen molar-refractivity contribution in [3.63, 3.8) is 0 Å². The van der Waals surface area contributed by atoms with Crippen LogP contribution in [0.2, 0.25) is 0 Å². The molecule has 1 aliphatic heterocycles. The Bertz CT molecular complexity index is 1700. The van der Waals surface area contributed by atoms with Crippen LogP contribution >= 0.6 is 11.3 Å². The van der Waals surface area contributed by atoms with Gasteiger partial charge >= 0.3 is 5.97 Å². The quantitative estimate of drug-likeness (QED) is 0.114. The Kier molecular flexibility index (Phi) is 7.32. The van der Waals surface area contributed by atoms with Gasteiger partial charge in [0.15, 0.2) is 0 Å². The minimum Gasteiger partial charge on any atom is -0.460 e. The monoisotopic (exact) mass is 600 g/mol. The van der Waals surface area contributed by atoms with Gasteiger partial charge in [-0.3, -0.25) is 29.1 Å². The van der Waals surface area contributed by atoms with Crippen molar-refractivity contribution in [2.45, 2.75) is 25.4 Å². The number of pyridine rings is 1. The van der Waals surface area contributed by atoms with E-state index in [4.69, 9.17) is 4.74 Å². The Balaban J connectivity index is 1.20. The zero-order valence-corrected chi connectivity index (χ0v) is 23.4. The van der Waals surface area contributed by atoms with Gasteiger partial charge < -0.3 is 14.9 Å². The summed E-state index contributed by atoms with van der Waals surface area (Å²) >= 11 is 1.36. The first-order valence-corrected chi connectivity index (χ1v) is 14.2. The second kappa shape index (κ2) is 11.2. The van der Waals surface area contributed by atoms with Gasteiger partial charge in [0.25, 0.3) is 16.9 Å². The maximum absolute atomic E-state index is 13.7. The molecule has 1 saturated carbocycles. The molecule has 0 unspecified atom stereocenters. The molecular formula is C30H24N4O8S. The van der Waals surface area contributed by atoms with E-state index in [2.05, 4.69) is 15.1 Å². The number of carbonyl (C=O) groups is 4. The van der Waals surface area contributed by atoms with Gasteiger partial charge in [-0.2, -0.15) is 0 Å². The second-order valence-corrected chi connectivity index (χ2v) is 11.5. The molecule has 1 atom stereocenters. The minimum absolute atomic E-state index is 0.0790. The Hall–Kier alpha value is -5.17. The molecule has 0 saturated heterocycles. The second-order valence-electron chi connectivity index (χ2n) is 10.4. The Morgan fingerprint density at radius 2 is 1.77 bits per heavy atom. The standard InChI is InChI=1S/C30H24N4O8S/c35-26(32-25-13-20-9-12-31-14-24(20)43-25)23(15-33-27(36)21-3-1-2-4-22(21)28(33)37)19-7-5-18(6-8-19)16-41-29(38)30(10-11-30)17-42-34(39)40/h1-9,12-14,23H,10-11,15-17H2,(H,32,35)/t23-/m1/s1. The molecule has 218 valence electrons. The molecule has 1 aliphatic carbocycles. The number of rotatable bonds is 11. The lowest BCUT2D eigenvalue weighted by molar-refractivity contribution is -0.759. The van der Waals surface area contributed by atoms with Gasteiger partial charge in [0.2, 0.25) is 5.91 Å². The van der Waals surface area contributed by atoms with Gasteiger partial charge in [0.05, 0.1) is 32.2 Å². The molecule has 43 heavy (non-hydrogen) atoms. The van der Waals surface area contributed by atoms with Crippen molar-refractivity contribution in [2.24, 2.45) is 5.41 Å². The summed E-state index contributed by atoms with van der Waals surface area (Å²) in [6.45, 7) is -0.606. The molecular weight excluding hydrogens is 576 g/mol. The van der Waals surface area contributed by atoms with Crippen LogP contribution in [0.25, 0.3) is 10.1 Å². The third kappa shape index (κ3) is 5.66. The molecule has 2 aliphatic rings. The highest BCUT2D eigenvalue weighted by atomic mass is 32.1. The lowest BCUT2D eigenvalue weighted by atomic mass is 9.96. The fraction of sp³-hybridized carbons (Fsp3) is 0.233. The van der Waals surface area contributed by atoms with E-state index in [-0.39, 0.29) is 30.9 Å². The summed E-state index contributed by atoms with van der Waals surface area (Å²) in [5, 5.41) is 14.0. The van der Waals surface area contributed by atoms with E-state index >= 15 is 0 Å². The predicted molar refractivity (Wildman–Crippen MR) is 154 cm³/mol. The highest BCUT2D eigenvalue weighted by Crippen LogP contribution is 2.47. The lowest BCUT2D eigenvalue weighted by Crippen LogP contribution is -2.38. The maximum atomic E-state index is 13.7. The number of benzene rings is 2. The van der Waals surface area contributed by atoms with Gasteiger partial charge in [-0.1, -0.05) is 36.4 Å². The molecule has 0 bridgehead atoms. The van der Waals surface area contributed by atoms with Crippen molar-refractivity contribution in [1.82, 2.24) is 9.88 Å². The molecule has 13 heteroatoms. The highest BCUT2D eigenvalue weighted by Gasteiger charge is 2.52. The SMILES string of the molecule is O=C(Nc1cc2ccncc2s1)[C@H](CN1C(=O)c2ccccc2C1=O)c1ccc(COC(=O)C2(CO[N+](=O)[O-])CC2)cc1. The van der Waals surface area contributed by atoms with Gasteiger partial charge in [-0.15, -0.1) is 21.5 Å². The molecule has 1 fully saturated rings. The summed E-state index contributed by atoms with van der Waals surface area (Å²) in [7, 11) is 0. The number of fused-ring (bicyclic) bond motifs is 2. The molecule has 0 spiro atoms. The average molecular weight is 601 g/mol. The fourth-order valence-electron chi connectivity index (χ4n) is 4.96. The number of imide groups is 1. The number of amides is 3.